The minimum absolute atomic E-state index is 0.0893. The predicted molar refractivity (Wildman–Crippen MR) is 122 cm³/mol. The van der Waals surface area contributed by atoms with Crippen LogP contribution in [-0.4, -0.2) is 23.7 Å². The second kappa shape index (κ2) is 8.80. The van der Waals surface area contributed by atoms with Gasteiger partial charge in [-0.25, -0.2) is 0 Å². The summed E-state index contributed by atoms with van der Waals surface area (Å²) in [5.74, 6) is -1.27. The van der Waals surface area contributed by atoms with E-state index >= 15 is 0 Å². The molecule has 2 aromatic carbocycles. The maximum atomic E-state index is 10.1. The molecule has 0 amide bonds. The molecule has 4 rings (SSSR count). The largest absolute Gasteiger partial charge is 0.305 e. The minimum Gasteiger partial charge on any atom is -0.305 e. The van der Waals surface area contributed by atoms with Gasteiger partial charge in [-0.05, 0) is 28.7 Å². The van der Waals surface area contributed by atoms with E-state index in [1.807, 2.05) is 36.4 Å². The molecule has 0 saturated heterocycles. The smallest absolute Gasteiger partial charge is 0.203 e. The highest BCUT2D eigenvalue weighted by atomic mass is 15.1. The number of nitrogens with zero attached hydrogens (tertiary/aromatic N) is 4. The lowest BCUT2D eigenvalue weighted by Crippen LogP contribution is -2.52. The van der Waals surface area contributed by atoms with Crippen LogP contribution in [0.5, 0.6) is 0 Å². The number of benzene rings is 2. The summed E-state index contributed by atoms with van der Waals surface area (Å²) in [6.07, 6.45) is 2.88. The van der Waals surface area contributed by atoms with Gasteiger partial charge in [-0.3, -0.25) is 4.90 Å². The third-order valence-electron chi connectivity index (χ3n) is 6.86. The first kappa shape index (κ1) is 21.5. The Hall–Kier alpha value is -3.72. The highest BCUT2D eigenvalue weighted by Gasteiger charge is 2.56. The van der Waals surface area contributed by atoms with Crippen LogP contribution in [0.3, 0.4) is 0 Å². The van der Waals surface area contributed by atoms with Crippen molar-refractivity contribution in [3.8, 4) is 18.2 Å². The van der Waals surface area contributed by atoms with E-state index in [1.54, 1.807) is 0 Å². The molecular formula is C27H25N5. The molecular weight excluding hydrogens is 394 g/mol. The van der Waals surface area contributed by atoms with Gasteiger partial charge < -0.3 is 5.41 Å². The third-order valence-corrected chi connectivity index (χ3v) is 6.86. The molecule has 0 bridgehead atoms. The number of rotatable bonds is 4. The van der Waals surface area contributed by atoms with Crippen LogP contribution in [0.2, 0.25) is 0 Å². The zero-order chi connectivity index (χ0) is 22.7. The first-order chi connectivity index (χ1) is 15.6. The number of aryl methyl sites for hydroxylation is 1. The molecule has 1 aliphatic heterocycles. The molecule has 0 aromatic heterocycles. The first-order valence-electron chi connectivity index (χ1n) is 10.9. The van der Waals surface area contributed by atoms with Crippen LogP contribution in [0.4, 0.5) is 0 Å². The van der Waals surface area contributed by atoms with Crippen LogP contribution in [0.15, 0.2) is 66.2 Å². The standard InChI is InChI=1S/C27H25N5/c1-2-19-8-10-21(11-9-19)25-22(14-28)26(31)27(17-29,18-30)24-12-13-32(16-23(24)25)15-20-6-4-3-5-7-20/h3-12,22-23,25,31H,2,13,15-16H2,1H3/t22?,23-,25-/m0/s1. The maximum Gasteiger partial charge on any atom is 0.203 e. The molecule has 2 aliphatic rings. The molecule has 1 saturated carbocycles. The van der Waals surface area contributed by atoms with Crippen molar-refractivity contribution in [2.75, 3.05) is 13.1 Å². The Morgan fingerprint density at radius 3 is 2.28 bits per heavy atom. The molecule has 1 N–H and O–H groups in total. The van der Waals surface area contributed by atoms with Crippen LogP contribution in [0.25, 0.3) is 0 Å². The molecule has 158 valence electrons. The van der Waals surface area contributed by atoms with Crippen LogP contribution in [0.1, 0.15) is 29.5 Å². The fraction of sp³-hybridized carbons (Fsp3) is 0.333. The van der Waals surface area contributed by atoms with E-state index in [0.717, 1.165) is 18.5 Å². The van der Waals surface area contributed by atoms with Crippen molar-refractivity contribution in [2.24, 2.45) is 17.3 Å². The Morgan fingerprint density at radius 1 is 1.00 bits per heavy atom. The van der Waals surface area contributed by atoms with Gasteiger partial charge in [-0.1, -0.05) is 67.6 Å². The van der Waals surface area contributed by atoms with Crippen molar-refractivity contribution in [3.05, 3.63) is 82.9 Å². The number of hydrogen-bond donors (Lipinski definition) is 1. The van der Waals surface area contributed by atoms with Gasteiger partial charge in [0.2, 0.25) is 5.41 Å². The van der Waals surface area contributed by atoms with E-state index < -0.39 is 11.3 Å². The van der Waals surface area contributed by atoms with Gasteiger partial charge in [0.25, 0.3) is 0 Å². The number of hydrogen-bond acceptors (Lipinski definition) is 5. The SMILES string of the molecule is CCc1ccc([C@H]2C(C#N)C(=N)C(C#N)(C#N)C3=CCN(Cc4ccccc4)C[C@@H]32)cc1. The molecule has 1 fully saturated rings. The zero-order valence-corrected chi connectivity index (χ0v) is 18.1. The molecule has 0 spiro atoms. The summed E-state index contributed by atoms with van der Waals surface area (Å²) in [7, 11) is 0. The summed E-state index contributed by atoms with van der Waals surface area (Å²) in [4.78, 5) is 2.29. The predicted octanol–water partition coefficient (Wildman–Crippen LogP) is 4.60. The van der Waals surface area contributed by atoms with Crippen molar-refractivity contribution in [1.29, 1.82) is 21.2 Å². The number of nitriles is 3. The van der Waals surface area contributed by atoms with Gasteiger partial charge in [0.05, 0.1) is 29.8 Å². The Morgan fingerprint density at radius 2 is 1.69 bits per heavy atom. The molecule has 2 aromatic rings. The lowest BCUT2D eigenvalue weighted by molar-refractivity contribution is 0.203. The van der Waals surface area contributed by atoms with Crippen LogP contribution >= 0.6 is 0 Å². The Labute approximate surface area is 189 Å². The van der Waals surface area contributed by atoms with E-state index in [-0.39, 0.29) is 17.5 Å². The Kier molecular flexibility index (Phi) is 5.91. The van der Waals surface area contributed by atoms with Crippen molar-refractivity contribution >= 4 is 5.71 Å². The lowest BCUT2D eigenvalue weighted by Gasteiger charge is -2.47. The normalized spacial score (nSPS) is 24.4. The third kappa shape index (κ3) is 3.50. The monoisotopic (exact) mass is 419 g/mol. The fourth-order valence-electron chi connectivity index (χ4n) is 5.16. The van der Waals surface area contributed by atoms with Crippen molar-refractivity contribution in [3.63, 3.8) is 0 Å². The van der Waals surface area contributed by atoms with Crippen LogP contribution in [0, 0.1) is 56.7 Å². The molecule has 1 heterocycles. The molecule has 5 heteroatoms. The fourth-order valence-corrected chi connectivity index (χ4v) is 5.16. The highest BCUT2D eigenvalue weighted by Crippen LogP contribution is 2.52. The summed E-state index contributed by atoms with van der Waals surface area (Å²) in [5, 5.41) is 38.8. The average molecular weight is 420 g/mol. The molecule has 32 heavy (non-hydrogen) atoms. The van der Waals surface area contributed by atoms with E-state index in [1.165, 1.54) is 11.1 Å². The van der Waals surface area contributed by atoms with Gasteiger partial charge in [0.15, 0.2) is 0 Å². The van der Waals surface area contributed by atoms with Crippen molar-refractivity contribution < 1.29 is 0 Å². The lowest BCUT2D eigenvalue weighted by atomic mass is 9.55. The van der Waals surface area contributed by atoms with Crippen molar-refractivity contribution in [1.82, 2.24) is 4.90 Å². The zero-order valence-electron chi connectivity index (χ0n) is 18.1. The van der Waals surface area contributed by atoms with Gasteiger partial charge >= 0.3 is 0 Å². The summed E-state index contributed by atoms with van der Waals surface area (Å²) in [6.45, 7) is 4.10. The Balaban J connectivity index is 1.79. The topological polar surface area (TPSA) is 98.5 Å². The average Bonchev–Trinajstić information content (AvgIpc) is 2.84. The van der Waals surface area contributed by atoms with Crippen molar-refractivity contribution in [2.45, 2.75) is 25.8 Å². The highest BCUT2D eigenvalue weighted by molar-refractivity contribution is 6.01. The first-order valence-corrected chi connectivity index (χ1v) is 10.9. The second-order valence-electron chi connectivity index (χ2n) is 8.56. The Bertz CT molecular complexity index is 1140. The molecule has 1 aliphatic carbocycles. The molecule has 0 radical (unpaired) electrons. The summed E-state index contributed by atoms with van der Waals surface area (Å²) < 4.78 is 0. The van der Waals surface area contributed by atoms with Crippen LogP contribution in [-0.2, 0) is 13.0 Å². The number of nitrogens with one attached hydrogen (secondary N) is 1. The van der Waals surface area contributed by atoms with E-state index in [0.29, 0.717) is 18.7 Å². The quantitative estimate of drug-likeness (QED) is 0.732. The summed E-state index contributed by atoms with van der Waals surface area (Å²) in [5.41, 5.74) is 2.33. The molecule has 3 atom stereocenters. The van der Waals surface area contributed by atoms with Crippen LogP contribution < -0.4 is 0 Å². The second-order valence-corrected chi connectivity index (χ2v) is 8.56. The van der Waals surface area contributed by atoms with Gasteiger partial charge in [-0.2, -0.15) is 15.8 Å². The van der Waals surface area contributed by atoms with E-state index in [4.69, 9.17) is 5.41 Å². The van der Waals surface area contributed by atoms with Gasteiger partial charge in [0, 0.05) is 31.5 Å². The molecule has 5 nitrogen and oxygen atoms in total. The van der Waals surface area contributed by atoms with E-state index in [9.17, 15) is 15.8 Å². The molecule has 1 unspecified atom stereocenters. The minimum atomic E-state index is -1.66. The summed E-state index contributed by atoms with van der Waals surface area (Å²) in [6, 6.07) is 24.9. The van der Waals surface area contributed by atoms with Gasteiger partial charge in [0.1, 0.15) is 0 Å². The maximum absolute atomic E-state index is 10.1. The number of fused-ring (bicyclic) bond motifs is 1. The van der Waals surface area contributed by atoms with Gasteiger partial charge in [-0.15, -0.1) is 0 Å². The van der Waals surface area contributed by atoms with E-state index in [2.05, 4.69) is 54.3 Å². The summed E-state index contributed by atoms with van der Waals surface area (Å²) >= 11 is 0.